The summed E-state index contributed by atoms with van der Waals surface area (Å²) in [6.07, 6.45) is -0.164. The number of piperazine rings is 1. The second kappa shape index (κ2) is 7.92. The quantitative estimate of drug-likeness (QED) is 0.605. The number of amides is 3. The topological polar surface area (TPSA) is 95.6 Å². The van der Waals surface area contributed by atoms with Crippen LogP contribution in [0.4, 0.5) is 5.69 Å². The summed E-state index contributed by atoms with van der Waals surface area (Å²) in [4.78, 5) is 48.5. The van der Waals surface area contributed by atoms with E-state index in [1.165, 1.54) is 11.8 Å². The van der Waals surface area contributed by atoms with Gasteiger partial charge < -0.3 is 15.5 Å². The Balaban J connectivity index is 2.02. The van der Waals surface area contributed by atoms with Crippen LogP contribution in [-0.4, -0.2) is 53.4 Å². The minimum Gasteiger partial charge on any atom is -0.353 e. The highest BCUT2D eigenvalue weighted by Gasteiger charge is 2.34. The first-order chi connectivity index (χ1) is 11.4. The van der Waals surface area contributed by atoms with Crippen LogP contribution < -0.4 is 10.6 Å². The van der Waals surface area contributed by atoms with Gasteiger partial charge in [-0.25, -0.2) is 0 Å². The normalized spacial score (nSPS) is 17.2. The Kier molecular flexibility index (Phi) is 5.92. The third kappa shape index (κ3) is 4.32. The van der Waals surface area contributed by atoms with Gasteiger partial charge in [-0.3, -0.25) is 19.2 Å². The molecule has 1 unspecified atom stereocenters. The Hall–Kier alpha value is -2.41. The van der Waals surface area contributed by atoms with Crippen molar-refractivity contribution in [3.8, 4) is 0 Å². The van der Waals surface area contributed by atoms with Gasteiger partial charge in [0.1, 0.15) is 11.9 Å². The molecule has 1 fully saturated rings. The van der Waals surface area contributed by atoms with Crippen LogP contribution in [0, 0.1) is 0 Å². The third-order valence-corrected chi connectivity index (χ3v) is 3.95. The summed E-state index contributed by atoms with van der Waals surface area (Å²) in [6.45, 7) is 2.12. The first-order valence-electron chi connectivity index (χ1n) is 7.46. The molecule has 0 spiro atoms. The zero-order chi connectivity index (χ0) is 17.7. The molecule has 0 saturated carbocycles. The van der Waals surface area contributed by atoms with E-state index in [4.69, 9.17) is 11.6 Å². The van der Waals surface area contributed by atoms with E-state index in [0.29, 0.717) is 24.3 Å². The summed E-state index contributed by atoms with van der Waals surface area (Å²) in [6, 6.07) is 5.55. The molecule has 1 atom stereocenters. The van der Waals surface area contributed by atoms with Crippen molar-refractivity contribution in [2.45, 2.75) is 19.4 Å². The summed E-state index contributed by atoms with van der Waals surface area (Å²) in [5.41, 5.74) is 1.05. The van der Waals surface area contributed by atoms with E-state index in [1.54, 1.807) is 24.3 Å². The molecule has 1 aromatic rings. The van der Waals surface area contributed by atoms with Crippen molar-refractivity contribution >= 4 is 40.8 Å². The number of alkyl halides is 1. The van der Waals surface area contributed by atoms with Crippen molar-refractivity contribution in [2.75, 3.05) is 24.3 Å². The number of Topliss-reactive ketones (excluding diaryl/α,β-unsaturated/α-hetero) is 1. The lowest BCUT2D eigenvalue weighted by atomic mass is 10.1. The molecule has 0 aliphatic carbocycles. The first-order valence-corrected chi connectivity index (χ1v) is 8.00. The number of hydrogen-bond acceptors (Lipinski definition) is 4. The molecule has 1 aromatic carbocycles. The summed E-state index contributed by atoms with van der Waals surface area (Å²) in [7, 11) is 0. The van der Waals surface area contributed by atoms with Crippen molar-refractivity contribution in [3.63, 3.8) is 0 Å². The number of nitrogens with one attached hydrogen (secondary N) is 2. The maximum absolute atomic E-state index is 12.2. The van der Waals surface area contributed by atoms with E-state index < -0.39 is 11.9 Å². The molecular formula is C16H18ClN3O4. The third-order valence-electron chi connectivity index (χ3n) is 3.72. The summed E-state index contributed by atoms with van der Waals surface area (Å²) < 4.78 is 0. The van der Waals surface area contributed by atoms with Gasteiger partial charge in [-0.05, 0) is 31.2 Å². The van der Waals surface area contributed by atoms with Crippen LogP contribution in [0.5, 0.6) is 0 Å². The average molecular weight is 352 g/mol. The van der Waals surface area contributed by atoms with Crippen molar-refractivity contribution in [2.24, 2.45) is 0 Å². The number of hydrogen-bond donors (Lipinski definition) is 2. The molecule has 0 aromatic heterocycles. The lowest BCUT2D eigenvalue weighted by Gasteiger charge is -2.34. The molecule has 1 aliphatic rings. The van der Waals surface area contributed by atoms with Gasteiger partial charge >= 0.3 is 0 Å². The van der Waals surface area contributed by atoms with Gasteiger partial charge in [0, 0.05) is 24.3 Å². The van der Waals surface area contributed by atoms with E-state index in [0.717, 1.165) is 0 Å². The van der Waals surface area contributed by atoms with Crippen molar-refractivity contribution in [3.05, 3.63) is 29.8 Å². The number of carbonyl (C=O) groups excluding carboxylic acids is 4. The predicted molar refractivity (Wildman–Crippen MR) is 88.9 cm³/mol. The fraction of sp³-hybridized carbons (Fsp3) is 0.375. The summed E-state index contributed by atoms with van der Waals surface area (Å²) >= 11 is 5.55. The molecular weight excluding hydrogens is 334 g/mol. The van der Waals surface area contributed by atoms with Crippen LogP contribution in [-0.2, 0) is 14.4 Å². The molecule has 24 heavy (non-hydrogen) atoms. The molecule has 1 saturated heterocycles. The zero-order valence-electron chi connectivity index (χ0n) is 13.2. The minimum absolute atomic E-state index is 0.0676. The van der Waals surface area contributed by atoms with E-state index in [9.17, 15) is 19.2 Å². The highest BCUT2D eigenvalue weighted by molar-refractivity contribution is 6.27. The van der Waals surface area contributed by atoms with E-state index in [2.05, 4.69) is 10.6 Å². The van der Waals surface area contributed by atoms with Crippen LogP contribution in [0.25, 0.3) is 0 Å². The van der Waals surface area contributed by atoms with Gasteiger partial charge in [-0.1, -0.05) is 0 Å². The maximum Gasteiger partial charge on any atom is 0.243 e. The monoisotopic (exact) mass is 351 g/mol. The van der Waals surface area contributed by atoms with Crippen molar-refractivity contribution in [1.29, 1.82) is 0 Å². The number of rotatable bonds is 5. The Bertz CT molecular complexity index is 660. The molecule has 0 radical (unpaired) electrons. The number of halogens is 1. The van der Waals surface area contributed by atoms with Gasteiger partial charge in [-0.15, -0.1) is 11.6 Å². The fourth-order valence-corrected chi connectivity index (χ4v) is 2.62. The SMILES string of the molecule is CC(=O)c1ccc(NC(=O)CC2C(=O)NCCN2C(=O)CCl)cc1. The van der Waals surface area contributed by atoms with Crippen LogP contribution in [0.2, 0.25) is 0 Å². The lowest BCUT2D eigenvalue weighted by molar-refractivity contribution is -0.143. The standard InChI is InChI=1S/C16H18ClN3O4/c1-10(21)11-2-4-12(5-3-11)19-14(22)8-13-16(24)18-6-7-20(13)15(23)9-17/h2-5,13H,6-9H2,1H3,(H,18,24)(H,19,22). The second-order valence-corrected chi connectivity index (χ2v) is 5.68. The molecule has 8 heteroatoms. The minimum atomic E-state index is -0.874. The Morgan fingerprint density at radius 3 is 2.54 bits per heavy atom. The Morgan fingerprint density at radius 1 is 1.29 bits per heavy atom. The highest BCUT2D eigenvalue weighted by Crippen LogP contribution is 2.14. The maximum atomic E-state index is 12.2. The average Bonchev–Trinajstić information content (AvgIpc) is 2.56. The summed E-state index contributed by atoms with van der Waals surface area (Å²) in [5.74, 6) is -1.46. The molecule has 1 aliphatic heterocycles. The van der Waals surface area contributed by atoms with E-state index in [-0.39, 0.29) is 29.9 Å². The van der Waals surface area contributed by atoms with Gasteiger partial charge in [0.25, 0.3) is 0 Å². The van der Waals surface area contributed by atoms with Crippen LogP contribution in [0.15, 0.2) is 24.3 Å². The lowest BCUT2D eigenvalue weighted by Crippen LogP contribution is -2.58. The number of benzene rings is 1. The molecule has 3 amide bonds. The van der Waals surface area contributed by atoms with Gasteiger partial charge in [0.2, 0.25) is 17.7 Å². The Morgan fingerprint density at radius 2 is 1.96 bits per heavy atom. The van der Waals surface area contributed by atoms with E-state index in [1.807, 2.05) is 0 Å². The predicted octanol–water partition coefficient (Wildman–Crippen LogP) is 0.784. The smallest absolute Gasteiger partial charge is 0.243 e. The molecule has 1 heterocycles. The van der Waals surface area contributed by atoms with Gasteiger partial charge in [-0.2, -0.15) is 0 Å². The first kappa shape index (κ1) is 17.9. The number of anilines is 1. The van der Waals surface area contributed by atoms with Crippen molar-refractivity contribution < 1.29 is 19.2 Å². The summed E-state index contributed by atoms with van der Waals surface area (Å²) in [5, 5.41) is 5.29. The highest BCUT2D eigenvalue weighted by atomic mass is 35.5. The molecule has 2 rings (SSSR count). The van der Waals surface area contributed by atoms with Crippen molar-refractivity contribution in [1.82, 2.24) is 10.2 Å². The van der Waals surface area contributed by atoms with Crippen LogP contribution in [0.1, 0.15) is 23.7 Å². The molecule has 2 N–H and O–H groups in total. The van der Waals surface area contributed by atoms with Crippen LogP contribution >= 0.6 is 11.6 Å². The number of carbonyl (C=O) groups is 4. The van der Waals surface area contributed by atoms with E-state index >= 15 is 0 Å². The molecule has 0 bridgehead atoms. The second-order valence-electron chi connectivity index (χ2n) is 5.41. The van der Waals surface area contributed by atoms with Gasteiger partial charge in [0.15, 0.2) is 5.78 Å². The fourth-order valence-electron chi connectivity index (χ4n) is 2.47. The van der Waals surface area contributed by atoms with Gasteiger partial charge in [0.05, 0.1) is 6.42 Å². The Labute approximate surface area is 144 Å². The van der Waals surface area contributed by atoms with Crippen LogP contribution in [0.3, 0.4) is 0 Å². The number of ketones is 1. The molecule has 7 nitrogen and oxygen atoms in total. The zero-order valence-corrected chi connectivity index (χ0v) is 13.9. The number of nitrogens with zero attached hydrogens (tertiary/aromatic N) is 1. The molecule has 128 valence electrons. The largest absolute Gasteiger partial charge is 0.353 e.